The van der Waals surface area contributed by atoms with Crippen molar-refractivity contribution >= 4 is 29.7 Å². The molecular formula is C13H23N3O4S. The van der Waals surface area contributed by atoms with Gasteiger partial charge in [0.15, 0.2) is 0 Å². The van der Waals surface area contributed by atoms with Gasteiger partial charge in [0.2, 0.25) is 5.91 Å². The smallest absolute Gasteiger partial charge is 0.327 e. The molecule has 120 valence electrons. The highest BCUT2D eigenvalue weighted by Crippen LogP contribution is 2.34. The second-order valence-corrected chi connectivity index (χ2v) is 6.44. The predicted octanol–water partition coefficient (Wildman–Crippen LogP) is 0.705. The van der Waals surface area contributed by atoms with Gasteiger partial charge in [-0.05, 0) is 19.8 Å². The predicted molar refractivity (Wildman–Crippen MR) is 81.0 cm³/mol. The third-order valence-electron chi connectivity index (χ3n) is 3.21. The summed E-state index contributed by atoms with van der Waals surface area (Å²) in [6, 6.07) is -2.07. The first-order valence-electron chi connectivity index (χ1n) is 7.00. The fourth-order valence-corrected chi connectivity index (χ4v) is 3.61. The highest BCUT2D eigenvalue weighted by molar-refractivity contribution is 8.00. The van der Waals surface area contributed by atoms with E-state index in [0.29, 0.717) is 12.3 Å². The number of carboxylic acid groups (broad SMARTS) is 1. The number of aliphatic carboxylic acids is 1. The van der Waals surface area contributed by atoms with Crippen molar-refractivity contribution in [2.24, 2.45) is 5.92 Å². The quantitative estimate of drug-likeness (QED) is 0.693. The van der Waals surface area contributed by atoms with Crippen molar-refractivity contribution in [2.75, 3.05) is 12.3 Å². The number of nitrogens with one attached hydrogen (secondary N) is 2. The van der Waals surface area contributed by atoms with Crippen LogP contribution in [-0.2, 0) is 9.59 Å². The maximum absolute atomic E-state index is 12.4. The van der Waals surface area contributed by atoms with Gasteiger partial charge < -0.3 is 15.7 Å². The molecule has 1 fully saturated rings. The summed E-state index contributed by atoms with van der Waals surface area (Å²) in [5.74, 6) is -0.816. The maximum atomic E-state index is 12.4. The van der Waals surface area contributed by atoms with Gasteiger partial charge in [0.25, 0.3) is 0 Å². The molecule has 1 aliphatic heterocycles. The molecule has 0 aliphatic carbocycles. The first-order valence-corrected chi connectivity index (χ1v) is 8.05. The molecule has 0 bridgehead atoms. The van der Waals surface area contributed by atoms with E-state index in [1.54, 1.807) is 13.8 Å². The van der Waals surface area contributed by atoms with Crippen LogP contribution in [-0.4, -0.2) is 57.7 Å². The van der Waals surface area contributed by atoms with Gasteiger partial charge in [-0.25, -0.2) is 9.59 Å². The number of carbonyl (C=O) groups excluding carboxylic acids is 2. The number of hydrogen-bond acceptors (Lipinski definition) is 4. The number of carbonyl (C=O) groups is 3. The molecule has 1 saturated heterocycles. The minimum atomic E-state index is -1.02. The minimum Gasteiger partial charge on any atom is -0.480 e. The third kappa shape index (κ3) is 4.26. The lowest BCUT2D eigenvalue weighted by Crippen LogP contribution is -2.55. The molecule has 3 N–H and O–H groups in total. The van der Waals surface area contributed by atoms with E-state index in [2.05, 4.69) is 10.6 Å². The Morgan fingerprint density at radius 1 is 1.33 bits per heavy atom. The van der Waals surface area contributed by atoms with Gasteiger partial charge in [-0.2, -0.15) is 0 Å². The zero-order valence-electron chi connectivity index (χ0n) is 12.8. The van der Waals surface area contributed by atoms with Gasteiger partial charge in [-0.15, -0.1) is 11.8 Å². The summed E-state index contributed by atoms with van der Waals surface area (Å²) in [7, 11) is 0. The summed E-state index contributed by atoms with van der Waals surface area (Å²) in [4.78, 5) is 36.6. The van der Waals surface area contributed by atoms with Gasteiger partial charge in [-0.3, -0.25) is 9.69 Å². The van der Waals surface area contributed by atoms with Crippen LogP contribution in [0.1, 0.15) is 27.7 Å². The number of hydrogen-bond donors (Lipinski definition) is 3. The van der Waals surface area contributed by atoms with Crippen LogP contribution in [0.15, 0.2) is 0 Å². The molecule has 0 saturated carbocycles. The molecule has 0 radical (unpaired) electrons. The van der Waals surface area contributed by atoms with Crippen molar-refractivity contribution < 1.29 is 19.5 Å². The maximum Gasteiger partial charge on any atom is 0.327 e. The van der Waals surface area contributed by atoms with Crippen molar-refractivity contribution in [2.45, 2.75) is 45.2 Å². The number of carboxylic acids is 1. The Kier molecular flexibility index (Phi) is 6.32. The van der Waals surface area contributed by atoms with E-state index in [1.807, 2.05) is 13.8 Å². The molecule has 0 spiro atoms. The van der Waals surface area contributed by atoms with Gasteiger partial charge in [0.1, 0.15) is 12.1 Å². The van der Waals surface area contributed by atoms with E-state index in [-0.39, 0.29) is 17.2 Å². The molecule has 1 aliphatic rings. The Morgan fingerprint density at radius 2 is 1.95 bits per heavy atom. The lowest BCUT2D eigenvalue weighted by molar-refractivity contribution is -0.141. The van der Waals surface area contributed by atoms with E-state index < -0.39 is 24.1 Å². The van der Waals surface area contributed by atoms with Crippen LogP contribution in [0.5, 0.6) is 0 Å². The number of rotatable bonds is 5. The largest absolute Gasteiger partial charge is 0.480 e. The van der Waals surface area contributed by atoms with E-state index in [4.69, 9.17) is 0 Å². The Hall–Kier alpha value is -1.44. The van der Waals surface area contributed by atoms with Crippen molar-refractivity contribution in [3.8, 4) is 0 Å². The minimum absolute atomic E-state index is 0.130. The monoisotopic (exact) mass is 317 g/mol. The summed E-state index contributed by atoms with van der Waals surface area (Å²) >= 11 is 1.45. The van der Waals surface area contributed by atoms with E-state index in [9.17, 15) is 19.5 Å². The van der Waals surface area contributed by atoms with Gasteiger partial charge in [0, 0.05) is 12.3 Å². The standard InChI is InChI=1S/C13H23N3O4S/c1-5-14-10(17)8(4)15-13(20)16-9(12(18)19)6-21-11(16)7(2)3/h7-9,11H,5-6H2,1-4H3,(H,14,17)(H,15,20)(H,18,19). The molecular weight excluding hydrogens is 294 g/mol. The van der Waals surface area contributed by atoms with Crippen LogP contribution < -0.4 is 10.6 Å². The molecule has 8 heteroatoms. The Labute approximate surface area is 128 Å². The normalized spacial score (nSPS) is 23.0. The second-order valence-electron chi connectivity index (χ2n) is 5.29. The lowest BCUT2D eigenvalue weighted by atomic mass is 10.1. The van der Waals surface area contributed by atoms with Crippen LogP contribution in [0, 0.1) is 5.92 Å². The molecule has 1 heterocycles. The van der Waals surface area contributed by atoms with Crippen molar-refractivity contribution in [1.82, 2.24) is 15.5 Å². The summed E-state index contributed by atoms with van der Waals surface area (Å²) in [5.41, 5.74) is 0. The number of likely N-dealkylation sites (N-methyl/N-ethyl adjacent to an activating group) is 1. The second kappa shape index (κ2) is 7.53. The van der Waals surface area contributed by atoms with Crippen LogP contribution in [0.3, 0.4) is 0 Å². The Morgan fingerprint density at radius 3 is 2.43 bits per heavy atom. The molecule has 7 nitrogen and oxygen atoms in total. The zero-order valence-corrected chi connectivity index (χ0v) is 13.6. The third-order valence-corrected chi connectivity index (χ3v) is 4.83. The zero-order chi connectivity index (χ0) is 16.2. The van der Waals surface area contributed by atoms with Gasteiger partial charge in [-0.1, -0.05) is 13.8 Å². The van der Waals surface area contributed by atoms with Gasteiger partial charge in [0.05, 0.1) is 5.37 Å². The molecule has 21 heavy (non-hydrogen) atoms. The summed E-state index contributed by atoms with van der Waals surface area (Å²) in [5, 5.41) is 14.2. The fourth-order valence-electron chi connectivity index (χ4n) is 2.14. The van der Waals surface area contributed by atoms with E-state index in [1.165, 1.54) is 16.7 Å². The highest BCUT2D eigenvalue weighted by Gasteiger charge is 2.43. The van der Waals surface area contributed by atoms with E-state index >= 15 is 0 Å². The number of urea groups is 1. The van der Waals surface area contributed by atoms with Crippen molar-refractivity contribution in [3.05, 3.63) is 0 Å². The molecule has 0 aromatic heterocycles. The van der Waals surface area contributed by atoms with Gasteiger partial charge >= 0.3 is 12.0 Å². The Bertz CT molecular complexity index is 416. The first kappa shape index (κ1) is 17.6. The molecule has 3 atom stereocenters. The lowest BCUT2D eigenvalue weighted by Gasteiger charge is -2.30. The molecule has 0 aromatic carbocycles. The fraction of sp³-hybridized carbons (Fsp3) is 0.769. The van der Waals surface area contributed by atoms with Crippen LogP contribution in [0.25, 0.3) is 0 Å². The number of nitrogens with zero attached hydrogens (tertiary/aromatic N) is 1. The summed E-state index contributed by atoms with van der Waals surface area (Å²) in [6.07, 6.45) is 0. The number of amides is 3. The molecule has 1 rings (SSSR count). The molecule has 3 amide bonds. The average molecular weight is 317 g/mol. The first-order chi connectivity index (χ1) is 9.79. The summed E-state index contributed by atoms with van der Waals surface area (Å²) < 4.78 is 0. The molecule has 3 unspecified atom stereocenters. The van der Waals surface area contributed by atoms with Crippen molar-refractivity contribution in [3.63, 3.8) is 0 Å². The summed E-state index contributed by atoms with van der Waals surface area (Å²) in [6.45, 7) is 7.72. The van der Waals surface area contributed by atoms with E-state index in [0.717, 1.165) is 0 Å². The Balaban J connectivity index is 2.80. The van der Waals surface area contributed by atoms with Crippen LogP contribution in [0.2, 0.25) is 0 Å². The SMILES string of the molecule is CCNC(=O)C(C)NC(=O)N1C(C(=O)O)CSC1C(C)C. The average Bonchev–Trinajstić information content (AvgIpc) is 2.83. The van der Waals surface area contributed by atoms with Crippen LogP contribution >= 0.6 is 11.8 Å². The topological polar surface area (TPSA) is 98.7 Å². The number of thioether (sulfide) groups is 1. The van der Waals surface area contributed by atoms with Crippen LogP contribution in [0.4, 0.5) is 4.79 Å². The van der Waals surface area contributed by atoms with Crippen molar-refractivity contribution in [1.29, 1.82) is 0 Å². The highest BCUT2D eigenvalue weighted by atomic mass is 32.2. The molecule has 0 aromatic rings.